The molecule has 0 aliphatic carbocycles. The van der Waals surface area contributed by atoms with E-state index in [1.54, 1.807) is 10.9 Å². The molecule has 0 amide bonds. The molecular formula is C13H8BrN3O3. The van der Waals surface area contributed by atoms with Crippen LogP contribution in [0.5, 0.6) is 0 Å². The first-order chi connectivity index (χ1) is 9.63. The van der Waals surface area contributed by atoms with E-state index in [1.807, 2.05) is 30.5 Å². The summed E-state index contributed by atoms with van der Waals surface area (Å²) >= 11 is 3.34. The van der Waals surface area contributed by atoms with Gasteiger partial charge in [0.1, 0.15) is 5.69 Å². The SMILES string of the molecule is O=C(O)c1cc(-c2ccc(-n3cc(Br)cn3)cc2)no1. The molecule has 2 heterocycles. The summed E-state index contributed by atoms with van der Waals surface area (Å²) in [5.74, 6) is -1.32. The lowest BCUT2D eigenvalue weighted by atomic mass is 10.1. The van der Waals surface area contributed by atoms with Crippen LogP contribution in [-0.4, -0.2) is 26.0 Å². The fraction of sp³-hybridized carbons (Fsp3) is 0. The maximum atomic E-state index is 10.7. The van der Waals surface area contributed by atoms with Gasteiger partial charge in [-0.25, -0.2) is 9.48 Å². The van der Waals surface area contributed by atoms with E-state index in [1.165, 1.54) is 6.07 Å². The smallest absolute Gasteiger partial charge is 0.374 e. The van der Waals surface area contributed by atoms with E-state index in [0.717, 1.165) is 15.7 Å². The highest BCUT2D eigenvalue weighted by atomic mass is 79.9. The molecule has 0 saturated heterocycles. The lowest BCUT2D eigenvalue weighted by molar-refractivity contribution is 0.0652. The first-order valence-corrected chi connectivity index (χ1v) is 6.44. The normalized spacial score (nSPS) is 10.7. The number of aromatic nitrogens is 3. The Bertz CT molecular complexity index is 761. The molecule has 1 N–H and O–H groups in total. The van der Waals surface area contributed by atoms with Crippen molar-refractivity contribution in [2.75, 3.05) is 0 Å². The van der Waals surface area contributed by atoms with Gasteiger partial charge in [0.15, 0.2) is 0 Å². The summed E-state index contributed by atoms with van der Waals surface area (Å²) in [7, 11) is 0. The van der Waals surface area contributed by atoms with Gasteiger partial charge in [0.05, 0.1) is 16.4 Å². The molecule has 0 radical (unpaired) electrons. The molecule has 0 aliphatic rings. The van der Waals surface area contributed by atoms with E-state index in [0.29, 0.717) is 5.69 Å². The Kier molecular flexibility index (Phi) is 3.11. The van der Waals surface area contributed by atoms with Crippen LogP contribution in [0.4, 0.5) is 0 Å². The predicted molar refractivity (Wildman–Crippen MR) is 73.7 cm³/mol. The van der Waals surface area contributed by atoms with Crippen LogP contribution in [0.25, 0.3) is 16.9 Å². The summed E-state index contributed by atoms with van der Waals surface area (Å²) in [4.78, 5) is 10.7. The van der Waals surface area contributed by atoms with Crippen molar-refractivity contribution in [2.24, 2.45) is 0 Å². The zero-order chi connectivity index (χ0) is 14.1. The van der Waals surface area contributed by atoms with Gasteiger partial charge in [-0.1, -0.05) is 17.3 Å². The Balaban J connectivity index is 1.90. The van der Waals surface area contributed by atoms with Crippen LogP contribution in [0.1, 0.15) is 10.6 Å². The third-order valence-corrected chi connectivity index (χ3v) is 3.11. The van der Waals surface area contributed by atoms with Crippen molar-refractivity contribution in [1.29, 1.82) is 0 Å². The Morgan fingerprint density at radius 2 is 2.05 bits per heavy atom. The number of carboxylic acids is 1. The van der Waals surface area contributed by atoms with Crippen LogP contribution in [0.3, 0.4) is 0 Å². The second kappa shape index (κ2) is 4.93. The van der Waals surface area contributed by atoms with Gasteiger partial charge < -0.3 is 9.63 Å². The maximum absolute atomic E-state index is 10.7. The fourth-order valence-corrected chi connectivity index (χ4v) is 2.02. The molecule has 1 aromatic carbocycles. The van der Waals surface area contributed by atoms with E-state index >= 15 is 0 Å². The molecule has 0 spiro atoms. The van der Waals surface area contributed by atoms with Crippen LogP contribution in [-0.2, 0) is 0 Å². The Labute approximate surface area is 121 Å². The number of hydrogen-bond acceptors (Lipinski definition) is 4. The number of benzene rings is 1. The van der Waals surface area contributed by atoms with Gasteiger partial charge in [0.2, 0.25) is 5.76 Å². The standard InChI is InChI=1S/C13H8BrN3O3/c14-9-6-15-17(7-9)10-3-1-8(2-4-10)11-5-12(13(18)19)20-16-11/h1-7H,(H,18,19). The summed E-state index contributed by atoms with van der Waals surface area (Å²) in [6, 6.07) is 8.78. The zero-order valence-corrected chi connectivity index (χ0v) is 11.6. The van der Waals surface area contributed by atoms with Crippen LogP contribution < -0.4 is 0 Å². The number of hydrogen-bond donors (Lipinski definition) is 1. The third-order valence-electron chi connectivity index (χ3n) is 2.70. The molecule has 0 atom stereocenters. The van der Waals surface area contributed by atoms with Crippen molar-refractivity contribution in [3.05, 3.63) is 53.0 Å². The fourth-order valence-electron chi connectivity index (χ4n) is 1.74. The number of carboxylic acid groups (broad SMARTS) is 1. The van der Waals surface area contributed by atoms with Gasteiger partial charge in [-0.05, 0) is 28.1 Å². The van der Waals surface area contributed by atoms with Crippen molar-refractivity contribution in [3.8, 4) is 16.9 Å². The molecular weight excluding hydrogens is 326 g/mol. The van der Waals surface area contributed by atoms with E-state index in [9.17, 15) is 4.79 Å². The Hall–Kier alpha value is -2.41. The molecule has 0 saturated carbocycles. The van der Waals surface area contributed by atoms with E-state index in [4.69, 9.17) is 9.63 Å². The second-order valence-corrected chi connectivity index (χ2v) is 4.95. The third kappa shape index (κ3) is 2.35. The first kappa shape index (κ1) is 12.6. The number of carbonyl (C=O) groups is 1. The van der Waals surface area contributed by atoms with Crippen LogP contribution >= 0.6 is 15.9 Å². The topological polar surface area (TPSA) is 81.1 Å². The largest absolute Gasteiger partial charge is 0.475 e. The van der Waals surface area contributed by atoms with Crippen LogP contribution in [0, 0.1) is 0 Å². The molecule has 0 bridgehead atoms. The molecule has 7 heteroatoms. The number of halogens is 1. The molecule has 0 unspecified atom stereocenters. The van der Waals surface area contributed by atoms with Gasteiger partial charge in [-0.3, -0.25) is 0 Å². The number of nitrogens with zero attached hydrogens (tertiary/aromatic N) is 3. The molecule has 3 aromatic rings. The Morgan fingerprint density at radius 1 is 1.30 bits per heavy atom. The lowest BCUT2D eigenvalue weighted by Gasteiger charge is -2.01. The highest BCUT2D eigenvalue weighted by molar-refractivity contribution is 9.10. The van der Waals surface area contributed by atoms with E-state index < -0.39 is 5.97 Å². The van der Waals surface area contributed by atoms with Gasteiger partial charge in [0.25, 0.3) is 0 Å². The molecule has 20 heavy (non-hydrogen) atoms. The summed E-state index contributed by atoms with van der Waals surface area (Å²) in [5.41, 5.74) is 2.15. The van der Waals surface area contributed by atoms with E-state index in [-0.39, 0.29) is 5.76 Å². The Morgan fingerprint density at radius 3 is 2.60 bits per heavy atom. The monoisotopic (exact) mass is 333 g/mol. The molecule has 6 nitrogen and oxygen atoms in total. The minimum absolute atomic E-state index is 0.180. The average Bonchev–Trinajstić information content (AvgIpc) is 3.08. The van der Waals surface area contributed by atoms with Crippen molar-refractivity contribution < 1.29 is 14.4 Å². The molecule has 0 fully saturated rings. The minimum Gasteiger partial charge on any atom is -0.475 e. The lowest BCUT2D eigenvalue weighted by Crippen LogP contribution is -1.93. The molecule has 100 valence electrons. The van der Waals surface area contributed by atoms with Crippen molar-refractivity contribution in [3.63, 3.8) is 0 Å². The maximum Gasteiger partial charge on any atom is 0.374 e. The van der Waals surface area contributed by atoms with Crippen LogP contribution in [0.2, 0.25) is 0 Å². The molecule has 2 aromatic heterocycles. The van der Waals surface area contributed by atoms with Crippen molar-refractivity contribution >= 4 is 21.9 Å². The van der Waals surface area contributed by atoms with Crippen LogP contribution in [0.15, 0.2) is 51.7 Å². The van der Waals surface area contributed by atoms with Crippen molar-refractivity contribution in [2.45, 2.75) is 0 Å². The number of aromatic carboxylic acids is 1. The zero-order valence-electron chi connectivity index (χ0n) is 10.0. The average molecular weight is 334 g/mol. The quantitative estimate of drug-likeness (QED) is 0.796. The van der Waals surface area contributed by atoms with Gasteiger partial charge in [0, 0.05) is 17.8 Å². The number of rotatable bonds is 3. The predicted octanol–water partition coefficient (Wildman–Crippen LogP) is 2.99. The first-order valence-electron chi connectivity index (χ1n) is 5.64. The molecule has 3 rings (SSSR count). The summed E-state index contributed by atoms with van der Waals surface area (Å²) in [6.07, 6.45) is 3.54. The van der Waals surface area contributed by atoms with Crippen molar-refractivity contribution in [1.82, 2.24) is 14.9 Å². The minimum atomic E-state index is -1.14. The highest BCUT2D eigenvalue weighted by Gasteiger charge is 2.12. The highest BCUT2D eigenvalue weighted by Crippen LogP contribution is 2.21. The van der Waals surface area contributed by atoms with Gasteiger partial charge >= 0.3 is 5.97 Å². The summed E-state index contributed by atoms with van der Waals surface area (Å²) in [6.45, 7) is 0. The summed E-state index contributed by atoms with van der Waals surface area (Å²) in [5, 5.41) is 16.7. The van der Waals surface area contributed by atoms with Gasteiger partial charge in [-0.2, -0.15) is 5.10 Å². The molecule has 0 aliphatic heterocycles. The van der Waals surface area contributed by atoms with E-state index in [2.05, 4.69) is 26.2 Å². The summed E-state index contributed by atoms with van der Waals surface area (Å²) < 4.78 is 7.34. The second-order valence-electron chi connectivity index (χ2n) is 4.03. The van der Waals surface area contributed by atoms with Gasteiger partial charge in [-0.15, -0.1) is 0 Å².